The molecule has 0 radical (unpaired) electrons. The molecule has 0 bridgehead atoms. The second kappa shape index (κ2) is 4.96. The van der Waals surface area contributed by atoms with Crippen LogP contribution in [0.3, 0.4) is 0 Å². The average molecular weight is 222 g/mol. The van der Waals surface area contributed by atoms with Crippen molar-refractivity contribution in [2.45, 2.75) is 4.34 Å². The van der Waals surface area contributed by atoms with E-state index in [-0.39, 0.29) is 0 Å². The molecule has 68 valence electrons. The van der Waals surface area contributed by atoms with Crippen molar-refractivity contribution in [3.05, 3.63) is 3.95 Å². The van der Waals surface area contributed by atoms with Crippen LogP contribution in [0.5, 0.6) is 0 Å². The van der Waals surface area contributed by atoms with E-state index in [1.807, 2.05) is 0 Å². The van der Waals surface area contributed by atoms with Crippen LogP contribution in [0.4, 0.5) is 0 Å². The maximum atomic E-state index is 4.92. The number of nitrogens with zero attached hydrogens (tertiary/aromatic N) is 1. The number of H-pyrrole nitrogens is 1. The van der Waals surface area contributed by atoms with Crippen molar-refractivity contribution in [3.63, 3.8) is 0 Å². The predicted octanol–water partition coefficient (Wildman–Crippen LogP) is 0.437. The molecule has 3 nitrogen and oxygen atoms in total. The Labute approximate surface area is 85.2 Å². The minimum absolute atomic E-state index is 0.759. The molecular weight excluding hydrogens is 210 g/mol. The zero-order valence-electron chi connectivity index (χ0n) is 7.09. The molecular formula is C6H12N3S3+. The number of nitrogens with one attached hydrogen (secondary N) is 2. The molecule has 1 aromatic rings. The summed E-state index contributed by atoms with van der Waals surface area (Å²) < 4.78 is 1.80. The molecule has 0 aliphatic carbocycles. The summed E-state index contributed by atoms with van der Waals surface area (Å²) in [5.74, 6) is 1.10. The van der Waals surface area contributed by atoms with Gasteiger partial charge < -0.3 is 4.90 Å². The van der Waals surface area contributed by atoms with E-state index in [0.717, 1.165) is 20.6 Å². The van der Waals surface area contributed by atoms with E-state index < -0.39 is 0 Å². The average Bonchev–Trinajstić information content (AvgIpc) is 2.35. The third-order valence-corrected chi connectivity index (χ3v) is 3.48. The Kier molecular flexibility index (Phi) is 4.20. The van der Waals surface area contributed by atoms with Gasteiger partial charge in [-0.2, -0.15) is 5.10 Å². The van der Waals surface area contributed by atoms with E-state index in [1.165, 1.54) is 4.90 Å². The number of hydrogen-bond donors (Lipinski definition) is 2. The third-order valence-electron chi connectivity index (χ3n) is 1.25. The summed E-state index contributed by atoms with van der Waals surface area (Å²) >= 11 is 8.22. The fraction of sp³-hybridized carbons (Fsp3) is 0.667. The topological polar surface area (TPSA) is 33.1 Å². The van der Waals surface area contributed by atoms with Crippen LogP contribution in [0.25, 0.3) is 0 Å². The highest BCUT2D eigenvalue weighted by atomic mass is 32.2. The Bertz CT molecular complexity index is 278. The van der Waals surface area contributed by atoms with Crippen LogP contribution in [0.1, 0.15) is 0 Å². The minimum atomic E-state index is 0.759. The molecule has 6 heteroatoms. The van der Waals surface area contributed by atoms with Crippen molar-refractivity contribution in [2.75, 3.05) is 26.4 Å². The first-order valence-electron chi connectivity index (χ1n) is 3.66. The Morgan fingerprint density at radius 3 is 2.92 bits per heavy atom. The van der Waals surface area contributed by atoms with Gasteiger partial charge in [-0.05, 0) is 12.2 Å². The number of quaternary nitrogens is 1. The summed E-state index contributed by atoms with van der Waals surface area (Å²) in [6, 6.07) is 0. The van der Waals surface area contributed by atoms with Crippen LogP contribution < -0.4 is 4.90 Å². The lowest BCUT2D eigenvalue weighted by Crippen LogP contribution is -3.06. The fourth-order valence-corrected chi connectivity index (χ4v) is 2.93. The zero-order valence-corrected chi connectivity index (χ0v) is 9.54. The first kappa shape index (κ1) is 10.2. The van der Waals surface area contributed by atoms with Gasteiger partial charge in [0, 0.05) is 5.75 Å². The van der Waals surface area contributed by atoms with Crippen molar-refractivity contribution in [2.24, 2.45) is 0 Å². The number of rotatable bonds is 4. The summed E-state index contributed by atoms with van der Waals surface area (Å²) in [7, 11) is 4.29. The van der Waals surface area contributed by atoms with Crippen LogP contribution in [-0.2, 0) is 0 Å². The van der Waals surface area contributed by atoms with Gasteiger partial charge in [0.15, 0.2) is 8.29 Å². The molecule has 0 saturated heterocycles. The van der Waals surface area contributed by atoms with Gasteiger partial charge in [0.25, 0.3) is 0 Å². The van der Waals surface area contributed by atoms with Crippen LogP contribution in [0.15, 0.2) is 4.34 Å². The van der Waals surface area contributed by atoms with E-state index in [2.05, 4.69) is 24.3 Å². The molecule has 0 spiro atoms. The smallest absolute Gasteiger partial charge is 0.177 e. The van der Waals surface area contributed by atoms with Crippen molar-refractivity contribution >= 4 is 35.3 Å². The SMILES string of the molecule is C[NH+](C)CCSc1n[nH]c(=S)s1. The lowest BCUT2D eigenvalue weighted by Gasteiger charge is -2.04. The number of thioether (sulfide) groups is 1. The Morgan fingerprint density at radius 2 is 2.42 bits per heavy atom. The van der Waals surface area contributed by atoms with Crippen LogP contribution >= 0.6 is 35.3 Å². The molecule has 1 rings (SSSR count). The number of aromatic nitrogens is 2. The molecule has 0 aliphatic rings. The predicted molar refractivity (Wildman–Crippen MR) is 55.7 cm³/mol. The summed E-state index contributed by atoms with van der Waals surface area (Å²) in [4.78, 5) is 1.46. The van der Waals surface area contributed by atoms with Crippen LogP contribution in [-0.4, -0.2) is 36.6 Å². The second-order valence-electron chi connectivity index (χ2n) is 2.68. The lowest BCUT2D eigenvalue weighted by atomic mass is 10.7. The van der Waals surface area contributed by atoms with E-state index in [0.29, 0.717) is 0 Å². The summed E-state index contributed by atoms with van der Waals surface area (Å²) in [6.45, 7) is 1.15. The van der Waals surface area contributed by atoms with E-state index >= 15 is 0 Å². The molecule has 0 aromatic carbocycles. The van der Waals surface area contributed by atoms with Crippen molar-refractivity contribution in [1.29, 1.82) is 0 Å². The van der Waals surface area contributed by atoms with Crippen LogP contribution in [0, 0.1) is 3.95 Å². The molecule has 0 unspecified atom stereocenters. The van der Waals surface area contributed by atoms with E-state index in [9.17, 15) is 0 Å². The fourth-order valence-electron chi connectivity index (χ4n) is 0.620. The summed E-state index contributed by atoms with van der Waals surface area (Å²) in [6.07, 6.45) is 0. The molecule has 12 heavy (non-hydrogen) atoms. The highest BCUT2D eigenvalue weighted by molar-refractivity contribution is 8.01. The summed E-state index contributed by atoms with van der Waals surface area (Å²) in [5.41, 5.74) is 0. The largest absolute Gasteiger partial charge is 0.339 e. The molecule has 1 aromatic heterocycles. The Morgan fingerprint density at radius 1 is 1.67 bits per heavy atom. The van der Waals surface area contributed by atoms with Gasteiger partial charge in [0.2, 0.25) is 0 Å². The lowest BCUT2D eigenvalue weighted by molar-refractivity contribution is -0.855. The highest BCUT2D eigenvalue weighted by Gasteiger charge is 1.99. The van der Waals surface area contributed by atoms with Crippen molar-refractivity contribution in [1.82, 2.24) is 10.2 Å². The van der Waals surface area contributed by atoms with E-state index in [4.69, 9.17) is 12.2 Å². The number of aromatic amines is 1. The van der Waals surface area contributed by atoms with Gasteiger partial charge in [-0.3, -0.25) is 5.10 Å². The number of hydrogen-bond acceptors (Lipinski definition) is 4. The zero-order chi connectivity index (χ0) is 8.97. The third kappa shape index (κ3) is 3.66. The second-order valence-corrected chi connectivity index (χ2v) is 5.69. The van der Waals surface area contributed by atoms with Gasteiger partial charge in [0.1, 0.15) is 0 Å². The van der Waals surface area contributed by atoms with Crippen LogP contribution in [0.2, 0.25) is 0 Å². The standard InChI is InChI=1S/C6H11N3S3/c1-9(2)3-4-11-6-8-7-5(10)12-6/h3-4H2,1-2H3,(H,7,10)/p+1. The van der Waals surface area contributed by atoms with Crippen molar-refractivity contribution < 1.29 is 4.90 Å². The molecule has 0 saturated carbocycles. The van der Waals surface area contributed by atoms with Gasteiger partial charge >= 0.3 is 0 Å². The first-order valence-corrected chi connectivity index (χ1v) is 5.87. The maximum absolute atomic E-state index is 4.92. The van der Waals surface area contributed by atoms with E-state index in [1.54, 1.807) is 23.1 Å². The van der Waals surface area contributed by atoms with Gasteiger partial charge in [0.05, 0.1) is 20.6 Å². The molecule has 1 heterocycles. The quantitative estimate of drug-likeness (QED) is 0.573. The molecule has 0 amide bonds. The monoisotopic (exact) mass is 222 g/mol. The summed E-state index contributed by atoms with van der Waals surface area (Å²) in [5, 5.41) is 6.82. The maximum Gasteiger partial charge on any atom is 0.177 e. The highest BCUT2D eigenvalue weighted by Crippen LogP contribution is 2.18. The molecule has 2 N–H and O–H groups in total. The normalized spacial score (nSPS) is 10.9. The van der Waals surface area contributed by atoms with Gasteiger partial charge in [-0.15, -0.1) is 0 Å². The van der Waals surface area contributed by atoms with Gasteiger partial charge in [-0.25, -0.2) is 0 Å². The molecule has 0 aliphatic heterocycles. The van der Waals surface area contributed by atoms with Gasteiger partial charge in [-0.1, -0.05) is 23.1 Å². The first-order chi connectivity index (χ1) is 5.68. The van der Waals surface area contributed by atoms with Crippen molar-refractivity contribution in [3.8, 4) is 0 Å². The molecule has 0 fully saturated rings. The Balaban J connectivity index is 2.29. The Hall–Kier alpha value is 0.0900. The minimum Gasteiger partial charge on any atom is -0.339 e. The molecule has 0 atom stereocenters.